The molecule has 1 aliphatic carbocycles. The van der Waals surface area contributed by atoms with E-state index in [0.717, 1.165) is 31.5 Å². The Morgan fingerprint density at radius 1 is 1.12 bits per heavy atom. The van der Waals surface area contributed by atoms with Crippen LogP contribution in [0.15, 0.2) is 18.2 Å². The van der Waals surface area contributed by atoms with E-state index in [1.54, 1.807) is 12.1 Å². The number of hydrogen-bond donors (Lipinski definition) is 1. The molecular weight excluding hydrogens is 361 g/mol. The summed E-state index contributed by atoms with van der Waals surface area (Å²) >= 11 is 12.0. The average Bonchev–Trinajstić information content (AvgIpc) is 3.38. The highest BCUT2D eigenvalue weighted by Crippen LogP contribution is 2.22. The molecule has 2 amide bonds. The van der Waals surface area contributed by atoms with Gasteiger partial charge in [-0.3, -0.25) is 14.5 Å². The van der Waals surface area contributed by atoms with Crippen LogP contribution in [0.5, 0.6) is 0 Å². The summed E-state index contributed by atoms with van der Waals surface area (Å²) in [5.74, 6) is 0.229. The van der Waals surface area contributed by atoms with E-state index in [-0.39, 0.29) is 11.8 Å². The number of carbonyl (C=O) groups is 2. The van der Waals surface area contributed by atoms with Gasteiger partial charge in [-0.25, -0.2) is 0 Å². The van der Waals surface area contributed by atoms with Crippen LogP contribution in [0.4, 0.5) is 0 Å². The molecule has 1 aliphatic heterocycles. The fraction of sp³-hybridized carbons (Fsp3) is 0.556. The topological polar surface area (TPSA) is 52.7 Å². The van der Waals surface area contributed by atoms with Crippen molar-refractivity contribution in [2.24, 2.45) is 0 Å². The van der Waals surface area contributed by atoms with Crippen molar-refractivity contribution in [3.8, 4) is 0 Å². The molecule has 0 aromatic heterocycles. The quantitative estimate of drug-likeness (QED) is 0.819. The Morgan fingerprint density at radius 2 is 1.84 bits per heavy atom. The molecule has 1 aromatic rings. The third-order valence-corrected chi connectivity index (χ3v) is 5.24. The second kappa shape index (κ2) is 8.39. The maximum absolute atomic E-state index is 12.4. The van der Waals surface area contributed by atoms with Crippen LogP contribution in [0.1, 0.15) is 24.8 Å². The molecule has 25 heavy (non-hydrogen) atoms. The first kappa shape index (κ1) is 18.5. The second-order valence-electron chi connectivity index (χ2n) is 6.73. The number of nitrogens with one attached hydrogen (secondary N) is 1. The van der Waals surface area contributed by atoms with Crippen molar-refractivity contribution in [1.29, 1.82) is 0 Å². The smallest absolute Gasteiger partial charge is 0.234 e. The summed E-state index contributed by atoms with van der Waals surface area (Å²) in [6.45, 7) is 3.25. The molecule has 1 saturated heterocycles. The molecule has 7 heteroatoms. The molecule has 3 rings (SSSR count). The van der Waals surface area contributed by atoms with Gasteiger partial charge in [0.1, 0.15) is 0 Å². The van der Waals surface area contributed by atoms with Crippen LogP contribution in [0.2, 0.25) is 10.0 Å². The predicted molar refractivity (Wildman–Crippen MR) is 99.0 cm³/mol. The summed E-state index contributed by atoms with van der Waals surface area (Å²) in [6.07, 6.45) is 3.25. The molecule has 1 saturated carbocycles. The standard InChI is InChI=1S/C18H23Cl2N3O2/c19-14-3-1-13(16(20)11-14)2-6-18(25)23-9-7-22(8-10-23)12-17(24)21-15-4-5-15/h1,3,11,15H,2,4-10,12H2,(H,21,24). The van der Waals surface area contributed by atoms with E-state index in [1.165, 1.54) is 0 Å². The highest BCUT2D eigenvalue weighted by atomic mass is 35.5. The zero-order valence-electron chi connectivity index (χ0n) is 14.1. The summed E-state index contributed by atoms with van der Waals surface area (Å²) < 4.78 is 0. The lowest BCUT2D eigenvalue weighted by Gasteiger charge is -2.34. The first-order valence-corrected chi connectivity index (χ1v) is 9.50. The maximum Gasteiger partial charge on any atom is 0.234 e. The van der Waals surface area contributed by atoms with E-state index < -0.39 is 0 Å². The molecule has 0 spiro atoms. The van der Waals surface area contributed by atoms with Gasteiger partial charge in [0.05, 0.1) is 6.54 Å². The third-order valence-electron chi connectivity index (χ3n) is 4.66. The number of hydrogen-bond acceptors (Lipinski definition) is 3. The molecular formula is C18H23Cl2N3O2. The lowest BCUT2D eigenvalue weighted by Crippen LogP contribution is -2.51. The van der Waals surface area contributed by atoms with Crippen LogP contribution in [0.25, 0.3) is 0 Å². The molecule has 1 heterocycles. The highest BCUT2D eigenvalue weighted by Gasteiger charge is 2.26. The van der Waals surface area contributed by atoms with Gasteiger partial charge in [-0.2, -0.15) is 0 Å². The Hall–Kier alpha value is -1.30. The molecule has 1 N–H and O–H groups in total. The molecule has 0 unspecified atom stereocenters. The molecule has 136 valence electrons. The van der Waals surface area contributed by atoms with Gasteiger partial charge in [0, 0.05) is 48.7 Å². The van der Waals surface area contributed by atoms with Gasteiger partial charge >= 0.3 is 0 Å². The van der Waals surface area contributed by atoms with Crippen molar-refractivity contribution >= 4 is 35.0 Å². The van der Waals surface area contributed by atoms with Crippen molar-refractivity contribution in [2.45, 2.75) is 31.7 Å². The minimum atomic E-state index is 0.0969. The van der Waals surface area contributed by atoms with Crippen LogP contribution >= 0.6 is 23.2 Å². The normalized spacial score (nSPS) is 18.2. The molecule has 0 radical (unpaired) electrons. The van der Waals surface area contributed by atoms with Gasteiger partial charge in [0.25, 0.3) is 0 Å². The molecule has 0 bridgehead atoms. The average molecular weight is 384 g/mol. The number of aryl methyl sites for hydroxylation is 1. The summed E-state index contributed by atoms with van der Waals surface area (Å²) in [6, 6.07) is 5.76. The summed E-state index contributed by atoms with van der Waals surface area (Å²) in [5, 5.41) is 4.20. The zero-order chi connectivity index (χ0) is 17.8. The Labute approximate surface area is 158 Å². The Balaban J connectivity index is 1.39. The van der Waals surface area contributed by atoms with Crippen LogP contribution in [0, 0.1) is 0 Å². The van der Waals surface area contributed by atoms with Gasteiger partial charge < -0.3 is 10.2 Å². The minimum Gasteiger partial charge on any atom is -0.352 e. The van der Waals surface area contributed by atoms with Crippen molar-refractivity contribution in [2.75, 3.05) is 32.7 Å². The monoisotopic (exact) mass is 383 g/mol. The second-order valence-corrected chi connectivity index (χ2v) is 7.58. The van der Waals surface area contributed by atoms with E-state index in [1.807, 2.05) is 11.0 Å². The first-order chi connectivity index (χ1) is 12.0. The van der Waals surface area contributed by atoms with Crippen molar-refractivity contribution in [3.05, 3.63) is 33.8 Å². The summed E-state index contributed by atoms with van der Waals surface area (Å²) in [5.41, 5.74) is 0.940. The lowest BCUT2D eigenvalue weighted by molar-refractivity contribution is -0.133. The van der Waals surface area contributed by atoms with Crippen LogP contribution in [-0.2, 0) is 16.0 Å². The van der Waals surface area contributed by atoms with Crippen LogP contribution < -0.4 is 5.32 Å². The highest BCUT2D eigenvalue weighted by molar-refractivity contribution is 6.35. The summed E-state index contributed by atoms with van der Waals surface area (Å²) in [7, 11) is 0. The van der Waals surface area contributed by atoms with E-state index in [2.05, 4.69) is 10.2 Å². The SMILES string of the molecule is O=C(CN1CCN(C(=O)CCc2ccc(Cl)cc2Cl)CC1)NC1CC1. The third kappa shape index (κ3) is 5.59. The fourth-order valence-corrected chi connectivity index (χ4v) is 3.49. The maximum atomic E-state index is 12.4. The van der Waals surface area contributed by atoms with Gasteiger partial charge in [-0.15, -0.1) is 0 Å². The van der Waals surface area contributed by atoms with Crippen LogP contribution in [-0.4, -0.2) is 60.4 Å². The number of amides is 2. The molecule has 2 aliphatic rings. The zero-order valence-corrected chi connectivity index (χ0v) is 15.7. The van der Waals surface area contributed by atoms with Crippen molar-refractivity contribution in [1.82, 2.24) is 15.1 Å². The Bertz CT molecular complexity index is 641. The molecule has 0 atom stereocenters. The number of nitrogens with zero attached hydrogens (tertiary/aromatic N) is 2. The minimum absolute atomic E-state index is 0.0969. The van der Waals surface area contributed by atoms with E-state index in [0.29, 0.717) is 48.6 Å². The Kier molecular flexibility index (Phi) is 6.20. The molecule has 5 nitrogen and oxygen atoms in total. The molecule has 2 fully saturated rings. The van der Waals surface area contributed by atoms with E-state index in [4.69, 9.17) is 23.2 Å². The van der Waals surface area contributed by atoms with Gasteiger partial charge in [-0.05, 0) is 37.0 Å². The van der Waals surface area contributed by atoms with E-state index in [9.17, 15) is 9.59 Å². The Morgan fingerprint density at radius 3 is 2.48 bits per heavy atom. The number of piperazine rings is 1. The largest absolute Gasteiger partial charge is 0.352 e. The van der Waals surface area contributed by atoms with Gasteiger partial charge in [0.15, 0.2) is 0 Å². The number of halogens is 2. The van der Waals surface area contributed by atoms with Crippen LogP contribution in [0.3, 0.4) is 0 Å². The molecule has 1 aromatic carbocycles. The summed E-state index contributed by atoms with van der Waals surface area (Å²) in [4.78, 5) is 28.2. The first-order valence-electron chi connectivity index (χ1n) is 8.74. The van der Waals surface area contributed by atoms with E-state index >= 15 is 0 Å². The predicted octanol–water partition coefficient (Wildman–Crippen LogP) is 2.35. The fourth-order valence-electron chi connectivity index (χ4n) is 2.98. The number of rotatable bonds is 6. The van der Waals surface area contributed by atoms with Gasteiger partial charge in [0.2, 0.25) is 11.8 Å². The van der Waals surface area contributed by atoms with Gasteiger partial charge in [-0.1, -0.05) is 29.3 Å². The lowest BCUT2D eigenvalue weighted by atomic mass is 10.1. The number of carbonyl (C=O) groups excluding carboxylic acids is 2. The van der Waals surface area contributed by atoms with Crippen molar-refractivity contribution in [3.63, 3.8) is 0 Å². The van der Waals surface area contributed by atoms with Crippen molar-refractivity contribution < 1.29 is 9.59 Å². The number of benzene rings is 1.